The van der Waals surface area contributed by atoms with Crippen molar-refractivity contribution in [3.63, 3.8) is 0 Å². The summed E-state index contributed by atoms with van der Waals surface area (Å²) in [5, 5.41) is 8.73. The van der Waals surface area contributed by atoms with Crippen LogP contribution in [0.3, 0.4) is 0 Å². The average molecular weight is 348 g/mol. The Balaban J connectivity index is 2.24. The first-order chi connectivity index (χ1) is 11.1. The van der Waals surface area contributed by atoms with E-state index >= 15 is 0 Å². The van der Waals surface area contributed by atoms with Crippen molar-refractivity contribution >= 4 is 35.7 Å². The van der Waals surface area contributed by atoms with Gasteiger partial charge < -0.3 is 11.1 Å². The first-order valence-corrected chi connectivity index (χ1v) is 7.67. The van der Waals surface area contributed by atoms with E-state index in [0.29, 0.717) is 5.69 Å². The smallest absolute Gasteiger partial charge is 0.328 e. The summed E-state index contributed by atoms with van der Waals surface area (Å²) in [5.74, 6) is -1.77. The summed E-state index contributed by atoms with van der Waals surface area (Å²) < 4.78 is 1.11. The zero-order valence-corrected chi connectivity index (χ0v) is 14.7. The second-order valence-electron chi connectivity index (χ2n) is 6.36. The Morgan fingerprint density at radius 2 is 1.96 bits per heavy atom. The minimum atomic E-state index is -0.901. The number of benzene rings is 1. The normalized spacial score (nSPS) is 11.2. The molecule has 0 bridgehead atoms. The SMILES string of the molecule is Cc1cccc(C(C)(C)C)c1NC(=O)C(=O)Nn1c(N)n[nH]c1=S. The van der Waals surface area contributed by atoms with Crippen LogP contribution in [-0.2, 0) is 15.0 Å². The lowest BCUT2D eigenvalue weighted by Crippen LogP contribution is -2.35. The molecule has 2 rings (SSSR count). The van der Waals surface area contributed by atoms with Crippen molar-refractivity contribution in [3.05, 3.63) is 34.1 Å². The molecule has 0 aliphatic rings. The summed E-state index contributed by atoms with van der Waals surface area (Å²) in [6.07, 6.45) is 0. The number of anilines is 2. The van der Waals surface area contributed by atoms with Gasteiger partial charge in [0.25, 0.3) is 0 Å². The lowest BCUT2D eigenvalue weighted by Gasteiger charge is -2.24. The third-order valence-electron chi connectivity index (χ3n) is 3.44. The number of hydrogen-bond donors (Lipinski definition) is 4. The first-order valence-electron chi connectivity index (χ1n) is 7.26. The summed E-state index contributed by atoms with van der Waals surface area (Å²) in [6.45, 7) is 7.96. The first kappa shape index (κ1) is 17.7. The molecular formula is C15H20N6O2S. The Labute approximate surface area is 144 Å². The van der Waals surface area contributed by atoms with Gasteiger partial charge in [0.05, 0.1) is 0 Å². The van der Waals surface area contributed by atoms with Gasteiger partial charge in [0, 0.05) is 5.69 Å². The highest BCUT2D eigenvalue weighted by Crippen LogP contribution is 2.31. The minimum absolute atomic E-state index is 0.0487. The number of nitrogens with two attached hydrogens (primary N) is 1. The fourth-order valence-electron chi connectivity index (χ4n) is 2.20. The molecule has 24 heavy (non-hydrogen) atoms. The lowest BCUT2D eigenvalue weighted by atomic mass is 9.84. The van der Waals surface area contributed by atoms with Crippen LogP contribution in [0, 0.1) is 11.7 Å². The molecule has 0 saturated heterocycles. The minimum Gasteiger partial charge on any atom is -0.366 e. The molecule has 0 fully saturated rings. The van der Waals surface area contributed by atoms with Crippen LogP contribution in [0.15, 0.2) is 18.2 Å². The largest absolute Gasteiger partial charge is 0.366 e. The number of aromatic nitrogens is 3. The predicted octanol–water partition coefficient (Wildman–Crippen LogP) is 1.84. The fourth-order valence-corrected chi connectivity index (χ4v) is 2.38. The molecule has 1 aromatic carbocycles. The highest BCUT2D eigenvalue weighted by molar-refractivity contribution is 7.71. The van der Waals surface area contributed by atoms with Gasteiger partial charge in [-0.3, -0.25) is 9.59 Å². The van der Waals surface area contributed by atoms with Crippen LogP contribution < -0.4 is 16.5 Å². The van der Waals surface area contributed by atoms with Gasteiger partial charge in [-0.1, -0.05) is 39.0 Å². The van der Waals surface area contributed by atoms with Crippen molar-refractivity contribution in [2.75, 3.05) is 16.5 Å². The Hall–Kier alpha value is -2.68. The molecule has 0 radical (unpaired) electrons. The molecule has 0 aliphatic carbocycles. The van der Waals surface area contributed by atoms with Gasteiger partial charge in [0.15, 0.2) is 0 Å². The van der Waals surface area contributed by atoms with E-state index in [-0.39, 0.29) is 16.1 Å². The molecule has 2 amide bonds. The van der Waals surface area contributed by atoms with Gasteiger partial charge in [-0.25, -0.2) is 10.5 Å². The van der Waals surface area contributed by atoms with Crippen molar-refractivity contribution in [2.24, 2.45) is 0 Å². The number of aryl methyl sites for hydroxylation is 1. The van der Waals surface area contributed by atoms with Gasteiger partial charge >= 0.3 is 11.8 Å². The number of aromatic amines is 1. The Morgan fingerprint density at radius 3 is 2.50 bits per heavy atom. The second kappa shape index (κ2) is 6.44. The van der Waals surface area contributed by atoms with Crippen molar-refractivity contribution in [1.29, 1.82) is 0 Å². The summed E-state index contributed by atoms with van der Waals surface area (Å²) >= 11 is 4.92. The van der Waals surface area contributed by atoms with Crippen LogP contribution in [0.5, 0.6) is 0 Å². The highest BCUT2D eigenvalue weighted by Gasteiger charge is 2.23. The monoisotopic (exact) mass is 348 g/mol. The number of H-pyrrole nitrogens is 1. The van der Waals surface area contributed by atoms with E-state index in [1.165, 1.54) is 0 Å². The topological polar surface area (TPSA) is 118 Å². The quantitative estimate of drug-likeness (QED) is 0.488. The maximum atomic E-state index is 12.3. The molecule has 1 aromatic heterocycles. The number of nitrogens with zero attached hydrogens (tertiary/aromatic N) is 2. The predicted molar refractivity (Wildman–Crippen MR) is 94.7 cm³/mol. The van der Waals surface area contributed by atoms with E-state index in [1.807, 2.05) is 45.9 Å². The summed E-state index contributed by atoms with van der Waals surface area (Å²) in [5.41, 5.74) is 10.1. The van der Waals surface area contributed by atoms with E-state index in [1.54, 1.807) is 0 Å². The number of carbonyl (C=O) groups excluding carboxylic acids is 2. The molecule has 1 heterocycles. The van der Waals surface area contributed by atoms with Crippen LogP contribution >= 0.6 is 12.2 Å². The van der Waals surface area contributed by atoms with Crippen LogP contribution in [0.25, 0.3) is 0 Å². The lowest BCUT2D eigenvalue weighted by molar-refractivity contribution is -0.133. The number of carbonyl (C=O) groups is 2. The van der Waals surface area contributed by atoms with Crippen molar-refractivity contribution < 1.29 is 9.59 Å². The fraction of sp³-hybridized carbons (Fsp3) is 0.333. The van der Waals surface area contributed by atoms with Crippen LogP contribution in [0.1, 0.15) is 31.9 Å². The standard InChI is InChI=1S/C15H20N6O2S/c1-8-6-5-7-9(15(2,3)4)10(8)17-11(22)12(23)20-21-13(16)18-19-14(21)24/h5-7H,1-4H3,(H2,16,18)(H,17,22)(H,19,24)(H,20,23). The van der Waals surface area contributed by atoms with E-state index in [4.69, 9.17) is 18.0 Å². The highest BCUT2D eigenvalue weighted by atomic mass is 32.1. The molecule has 128 valence electrons. The average Bonchev–Trinajstić information content (AvgIpc) is 2.79. The van der Waals surface area contributed by atoms with Crippen LogP contribution in [0.2, 0.25) is 0 Å². The van der Waals surface area contributed by atoms with E-state index in [0.717, 1.165) is 15.8 Å². The number of nitrogens with one attached hydrogen (secondary N) is 3. The van der Waals surface area contributed by atoms with Crippen LogP contribution in [0.4, 0.5) is 11.6 Å². The van der Waals surface area contributed by atoms with E-state index in [2.05, 4.69) is 20.9 Å². The molecule has 0 spiro atoms. The van der Waals surface area contributed by atoms with Gasteiger partial charge in [0.1, 0.15) is 0 Å². The maximum absolute atomic E-state index is 12.3. The number of rotatable bonds is 2. The zero-order valence-electron chi connectivity index (χ0n) is 13.9. The van der Waals surface area contributed by atoms with E-state index < -0.39 is 11.8 Å². The molecule has 0 aliphatic heterocycles. The van der Waals surface area contributed by atoms with Gasteiger partial charge in [-0.05, 0) is 35.7 Å². The number of hydrogen-bond acceptors (Lipinski definition) is 5. The molecule has 0 atom stereocenters. The van der Waals surface area contributed by atoms with Gasteiger partial charge in [-0.2, -0.15) is 4.68 Å². The molecule has 0 unspecified atom stereocenters. The summed E-state index contributed by atoms with van der Waals surface area (Å²) in [7, 11) is 0. The number of para-hydroxylation sites is 1. The van der Waals surface area contributed by atoms with Crippen molar-refractivity contribution in [3.8, 4) is 0 Å². The molecule has 5 N–H and O–H groups in total. The molecule has 9 heteroatoms. The van der Waals surface area contributed by atoms with Gasteiger partial charge in [0.2, 0.25) is 10.7 Å². The Kier molecular flexibility index (Phi) is 4.74. The van der Waals surface area contributed by atoms with Crippen molar-refractivity contribution in [1.82, 2.24) is 14.9 Å². The van der Waals surface area contributed by atoms with E-state index in [9.17, 15) is 9.59 Å². The molecular weight excluding hydrogens is 328 g/mol. The van der Waals surface area contributed by atoms with Crippen molar-refractivity contribution in [2.45, 2.75) is 33.1 Å². The third kappa shape index (κ3) is 3.62. The number of amides is 2. The summed E-state index contributed by atoms with van der Waals surface area (Å²) in [4.78, 5) is 24.4. The molecule has 2 aromatic rings. The van der Waals surface area contributed by atoms with Crippen LogP contribution in [-0.4, -0.2) is 26.7 Å². The van der Waals surface area contributed by atoms with Gasteiger partial charge in [-0.15, -0.1) is 5.10 Å². The molecule has 0 saturated carbocycles. The maximum Gasteiger partial charge on any atom is 0.328 e. The Bertz CT molecular complexity index is 846. The number of nitrogen functional groups attached to an aromatic ring is 1. The molecule has 8 nitrogen and oxygen atoms in total. The second-order valence-corrected chi connectivity index (χ2v) is 6.75. The summed E-state index contributed by atoms with van der Waals surface area (Å²) in [6, 6.07) is 5.70. The Morgan fingerprint density at radius 1 is 1.29 bits per heavy atom. The third-order valence-corrected chi connectivity index (χ3v) is 3.71. The zero-order chi connectivity index (χ0) is 18.1.